The summed E-state index contributed by atoms with van der Waals surface area (Å²) in [5.41, 5.74) is 0.896. The number of carbonyl (C=O) groups excluding carboxylic acids is 1. The van der Waals surface area contributed by atoms with E-state index in [4.69, 9.17) is 0 Å². The first-order valence-electron chi connectivity index (χ1n) is 7.41. The lowest BCUT2D eigenvalue weighted by atomic mass is 10.1. The quantitative estimate of drug-likeness (QED) is 0.944. The Morgan fingerprint density at radius 3 is 2.50 bits per heavy atom. The molecule has 2 aromatic rings. The van der Waals surface area contributed by atoms with Gasteiger partial charge in [0.15, 0.2) is 0 Å². The van der Waals surface area contributed by atoms with Gasteiger partial charge in [-0.15, -0.1) is 12.4 Å². The molecule has 22 heavy (non-hydrogen) atoms. The molecule has 0 bridgehead atoms. The van der Waals surface area contributed by atoms with E-state index in [0.717, 1.165) is 42.6 Å². The van der Waals surface area contributed by atoms with Crippen molar-refractivity contribution in [3.63, 3.8) is 0 Å². The summed E-state index contributed by atoms with van der Waals surface area (Å²) in [6.45, 7) is 4.44. The van der Waals surface area contributed by atoms with E-state index in [-0.39, 0.29) is 18.3 Å². The molecule has 0 aromatic heterocycles. The van der Waals surface area contributed by atoms with Crippen LogP contribution < -0.4 is 5.32 Å². The van der Waals surface area contributed by atoms with Gasteiger partial charge in [0, 0.05) is 37.3 Å². The molecule has 0 unspecified atom stereocenters. The average Bonchev–Trinajstić information content (AvgIpc) is 2.50. The molecule has 118 valence electrons. The molecule has 5 heteroatoms. The lowest BCUT2D eigenvalue weighted by molar-refractivity contribution is -0.117. The molecular weight excluding hydrogens is 298 g/mol. The fourth-order valence-corrected chi connectivity index (χ4v) is 2.73. The van der Waals surface area contributed by atoms with Crippen molar-refractivity contribution < 1.29 is 4.79 Å². The Balaban J connectivity index is 0.00000176. The third-order valence-electron chi connectivity index (χ3n) is 4.03. The van der Waals surface area contributed by atoms with Gasteiger partial charge >= 0.3 is 0 Å². The highest BCUT2D eigenvalue weighted by molar-refractivity contribution is 6.02. The van der Waals surface area contributed by atoms with Gasteiger partial charge in [-0.25, -0.2) is 0 Å². The summed E-state index contributed by atoms with van der Waals surface area (Å²) < 4.78 is 0. The van der Waals surface area contributed by atoms with Crippen LogP contribution in [0.25, 0.3) is 10.8 Å². The van der Waals surface area contributed by atoms with Crippen molar-refractivity contribution in [2.75, 3.05) is 45.1 Å². The summed E-state index contributed by atoms with van der Waals surface area (Å²) in [4.78, 5) is 16.7. The predicted molar refractivity (Wildman–Crippen MR) is 93.8 cm³/mol. The largest absolute Gasteiger partial charge is 0.324 e. The molecule has 4 nitrogen and oxygen atoms in total. The topological polar surface area (TPSA) is 35.6 Å². The minimum Gasteiger partial charge on any atom is -0.324 e. The normalized spacial score (nSPS) is 16.2. The highest BCUT2D eigenvalue weighted by Gasteiger charge is 2.16. The number of likely N-dealkylation sites (N-methyl/N-ethyl adjacent to an activating group) is 1. The number of fused-ring (bicyclic) bond motifs is 1. The first-order valence-corrected chi connectivity index (χ1v) is 7.41. The molecule has 1 saturated heterocycles. The molecule has 3 rings (SSSR count). The summed E-state index contributed by atoms with van der Waals surface area (Å²) in [6.07, 6.45) is 0. The van der Waals surface area contributed by atoms with Crippen LogP contribution in [0.1, 0.15) is 0 Å². The standard InChI is InChI=1S/C17H21N3O.ClH/c1-19-9-11-20(12-10-19)13-17(21)18-16-8-4-6-14-5-2-3-7-15(14)16;/h2-8H,9-13H2,1H3,(H,18,21);1H. The Bertz CT molecular complexity index is 633. The second-order valence-electron chi connectivity index (χ2n) is 5.65. The van der Waals surface area contributed by atoms with Gasteiger partial charge in [-0.1, -0.05) is 36.4 Å². The Hall–Kier alpha value is -1.62. The Morgan fingerprint density at radius 2 is 1.73 bits per heavy atom. The fourth-order valence-electron chi connectivity index (χ4n) is 2.73. The van der Waals surface area contributed by atoms with E-state index in [0.29, 0.717) is 6.54 Å². The summed E-state index contributed by atoms with van der Waals surface area (Å²) in [5, 5.41) is 5.29. The number of benzene rings is 2. The summed E-state index contributed by atoms with van der Waals surface area (Å²) in [7, 11) is 2.12. The molecule has 0 spiro atoms. The zero-order valence-corrected chi connectivity index (χ0v) is 13.6. The van der Waals surface area contributed by atoms with Crippen LogP contribution in [0.5, 0.6) is 0 Å². The van der Waals surface area contributed by atoms with Gasteiger partial charge in [0.1, 0.15) is 0 Å². The van der Waals surface area contributed by atoms with E-state index in [1.165, 1.54) is 0 Å². The van der Waals surface area contributed by atoms with Crippen LogP contribution in [-0.4, -0.2) is 55.5 Å². The molecule has 1 fully saturated rings. The molecule has 1 N–H and O–H groups in total. The Morgan fingerprint density at radius 1 is 1.05 bits per heavy atom. The molecule has 1 aliphatic rings. The maximum atomic E-state index is 12.2. The highest BCUT2D eigenvalue weighted by Crippen LogP contribution is 2.22. The molecule has 1 aliphatic heterocycles. The van der Waals surface area contributed by atoms with E-state index in [1.807, 2.05) is 30.3 Å². The first kappa shape index (κ1) is 16.7. The van der Waals surface area contributed by atoms with Crippen molar-refractivity contribution in [2.45, 2.75) is 0 Å². The third kappa shape index (κ3) is 3.97. The second-order valence-corrected chi connectivity index (χ2v) is 5.65. The minimum absolute atomic E-state index is 0. The van der Waals surface area contributed by atoms with E-state index in [2.05, 4.69) is 34.3 Å². The zero-order valence-electron chi connectivity index (χ0n) is 12.8. The molecule has 0 saturated carbocycles. The van der Waals surface area contributed by atoms with Crippen LogP contribution in [-0.2, 0) is 4.79 Å². The van der Waals surface area contributed by atoms with E-state index < -0.39 is 0 Å². The molecule has 2 aromatic carbocycles. The molecule has 0 radical (unpaired) electrons. The summed E-state index contributed by atoms with van der Waals surface area (Å²) in [5.74, 6) is 0.0657. The SMILES string of the molecule is CN1CCN(CC(=O)Nc2cccc3ccccc23)CC1.Cl. The van der Waals surface area contributed by atoms with E-state index in [9.17, 15) is 4.79 Å². The van der Waals surface area contributed by atoms with Crippen LogP contribution >= 0.6 is 12.4 Å². The number of amides is 1. The molecule has 0 atom stereocenters. The number of halogens is 1. The van der Waals surface area contributed by atoms with Gasteiger partial charge in [0.2, 0.25) is 5.91 Å². The number of piperazine rings is 1. The molecule has 0 aliphatic carbocycles. The average molecular weight is 320 g/mol. The number of carbonyl (C=O) groups is 1. The van der Waals surface area contributed by atoms with Gasteiger partial charge in [-0.2, -0.15) is 0 Å². The van der Waals surface area contributed by atoms with E-state index >= 15 is 0 Å². The van der Waals surface area contributed by atoms with Crippen LogP contribution in [0.2, 0.25) is 0 Å². The minimum atomic E-state index is 0. The third-order valence-corrected chi connectivity index (χ3v) is 4.03. The van der Waals surface area contributed by atoms with Gasteiger partial charge < -0.3 is 10.2 Å². The number of rotatable bonds is 3. The van der Waals surface area contributed by atoms with E-state index in [1.54, 1.807) is 0 Å². The van der Waals surface area contributed by atoms with Crippen molar-refractivity contribution in [3.8, 4) is 0 Å². The summed E-state index contributed by atoms with van der Waals surface area (Å²) in [6, 6.07) is 14.1. The van der Waals surface area contributed by atoms with Crippen molar-refractivity contribution in [2.24, 2.45) is 0 Å². The monoisotopic (exact) mass is 319 g/mol. The smallest absolute Gasteiger partial charge is 0.238 e. The Kier molecular flexibility index (Phi) is 5.77. The number of anilines is 1. The van der Waals surface area contributed by atoms with Gasteiger partial charge in [-0.05, 0) is 18.5 Å². The van der Waals surface area contributed by atoms with Crippen LogP contribution in [0.3, 0.4) is 0 Å². The summed E-state index contributed by atoms with van der Waals surface area (Å²) >= 11 is 0. The molecule has 1 heterocycles. The highest BCUT2D eigenvalue weighted by atomic mass is 35.5. The van der Waals surface area contributed by atoms with Crippen molar-refractivity contribution in [3.05, 3.63) is 42.5 Å². The Labute approximate surface area is 137 Å². The van der Waals surface area contributed by atoms with Crippen molar-refractivity contribution >= 4 is 34.8 Å². The lowest BCUT2D eigenvalue weighted by Crippen LogP contribution is -2.47. The number of hydrogen-bond acceptors (Lipinski definition) is 3. The molecular formula is C17H22ClN3O. The van der Waals surface area contributed by atoms with Crippen LogP contribution in [0.15, 0.2) is 42.5 Å². The first-order chi connectivity index (χ1) is 10.2. The number of hydrogen-bond donors (Lipinski definition) is 1. The maximum Gasteiger partial charge on any atom is 0.238 e. The van der Waals surface area contributed by atoms with Gasteiger partial charge in [-0.3, -0.25) is 9.69 Å². The van der Waals surface area contributed by atoms with Crippen molar-refractivity contribution in [1.82, 2.24) is 9.80 Å². The lowest BCUT2D eigenvalue weighted by Gasteiger charge is -2.31. The fraction of sp³-hybridized carbons (Fsp3) is 0.353. The van der Waals surface area contributed by atoms with Crippen LogP contribution in [0.4, 0.5) is 5.69 Å². The van der Waals surface area contributed by atoms with Gasteiger partial charge in [0.05, 0.1) is 6.54 Å². The second kappa shape index (κ2) is 7.58. The predicted octanol–water partition coefficient (Wildman–Crippen LogP) is 2.45. The number of nitrogens with zero attached hydrogens (tertiary/aromatic N) is 2. The molecule has 1 amide bonds. The van der Waals surface area contributed by atoms with Gasteiger partial charge in [0.25, 0.3) is 0 Å². The van der Waals surface area contributed by atoms with Crippen LogP contribution in [0, 0.1) is 0 Å². The maximum absolute atomic E-state index is 12.2. The number of nitrogens with one attached hydrogen (secondary N) is 1. The zero-order chi connectivity index (χ0) is 14.7. The van der Waals surface area contributed by atoms with Crippen molar-refractivity contribution in [1.29, 1.82) is 0 Å².